The SMILES string of the molecule is CCCCN(CC(=O)N(CCc1ccc(OC)c(OC)c1)Cc1cccs1)C(=O)CC. The van der Waals surface area contributed by atoms with E-state index < -0.39 is 0 Å². The van der Waals surface area contributed by atoms with Crippen molar-refractivity contribution < 1.29 is 19.1 Å². The number of methoxy groups -OCH3 is 2. The second-order valence-corrected chi connectivity index (χ2v) is 8.39. The third kappa shape index (κ3) is 7.58. The van der Waals surface area contributed by atoms with Gasteiger partial charge in [-0.15, -0.1) is 11.3 Å². The van der Waals surface area contributed by atoms with Crippen LogP contribution in [-0.4, -0.2) is 55.5 Å². The Balaban J connectivity index is 2.12. The predicted molar refractivity (Wildman–Crippen MR) is 125 cm³/mol. The summed E-state index contributed by atoms with van der Waals surface area (Å²) >= 11 is 1.63. The highest BCUT2D eigenvalue weighted by atomic mass is 32.1. The first-order valence-electron chi connectivity index (χ1n) is 10.8. The number of amides is 2. The number of hydrogen-bond acceptors (Lipinski definition) is 5. The van der Waals surface area contributed by atoms with E-state index in [0.29, 0.717) is 44.0 Å². The average Bonchev–Trinajstić information content (AvgIpc) is 3.31. The minimum absolute atomic E-state index is 0.0215. The van der Waals surface area contributed by atoms with E-state index in [1.807, 2.05) is 47.5 Å². The summed E-state index contributed by atoms with van der Waals surface area (Å²) in [6.07, 6.45) is 2.98. The van der Waals surface area contributed by atoms with E-state index in [1.165, 1.54) is 0 Å². The maximum atomic E-state index is 13.2. The molecule has 170 valence electrons. The maximum absolute atomic E-state index is 13.2. The molecule has 0 unspecified atom stereocenters. The molecule has 0 fully saturated rings. The van der Waals surface area contributed by atoms with Gasteiger partial charge in [-0.3, -0.25) is 9.59 Å². The third-order valence-electron chi connectivity index (χ3n) is 5.16. The Morgan fingerprint density at radius 1 is 0.968 bits per heavy atom. The smallest absolute Gasteiger partial charge is 0.242 e. The van der Waals surface area contributed by atoms with Crippen LogP contribution in [0.2, 0.25) is 0 Å². The molecule has 0 radical (unpaired) electrons. The molecule has 0 N–H and O–H groups in total. The van der Waals surface area contributed by atoms with Gasteiger partial charge in [-0.2, -0.15) is 0 Å². The summed E-state index contributed by atoms with van der Waals surface area (Å²) in [5.74, 6) is 1.36. The molecular weight excluding hydrogens is 412 g/mol. The minimum atomic E-state index is -0.0215. The quantitative estimate of drug-likeness (QED) is 0.458. The van der Waals surface area contributed by atoms with E-state index in [2.05, 4.69) is 6.92 Å². The van der Waals surface area contributed by atoms with Crippen LogP contribution in [0.4, 0.5) is 0 Å². The van der Waals surface area contributed by atoms with Gasteiger partial charge in [0.25, 0.3) is 0 Å². The molecule has 0 bridgehead atoms. The Morgan fingerprint density at radius 3 is 2.35 bits per heavy atom. The number of ether oxygens (including phenoxy) is 2. The lowest BCUT2D eigenvalue weighted by Crippen LogP contribution is -2.43. The summed E-state index contributed by atoms with van der Waals surface area (Å²) in [4.78, 5) is 30.2. The molecule has 31 heavy (non-hydrogen) atoms. The third-order valence-corrected chi connectivity index (χ3v) is 6.02. The molecule has 6 nitrogen and oxygen atoms in total. The van der Waals surface area contributed by atoms with E-state index in [4.69, 9.17) is 9.47 Å². The monoisotopic (exact) mass is 446 g/mol. The van der Waals surface area contributed by atoms with Crippen LogP contribution in [0.5, 0.6) is 11.5 Å². The molecule has 2 aromatic rings. The molecule has 2 rings (SSSR count). The van der Waals surface area contributed by atoms with Crippen molar-refractivity contribution in [2.24, 2.45) is 0 Å². The van der Waals surface area contributed by atoms with Crippen LogP contribution in [0.25, 0.3) is 0 Å². The molecule has 1 heterocycles. The zero-order chi connectivity index (χ0) is 22.6. The summed E-state index contributed by atoms with van der Waals surface area (Å²) in [6, 6.07) is 9.84. The average molecular weight is 447 g/mol. The van der Waals surface area contributed by atoms with Crippen LogP contribution in [0.1, 0.15) is 43.6 Å². The second kappa shape index (κ2) is 13.0. The molecule has 0 saturated carbocycles. The first-order valence-corrected chi connectivity index (χ1v) is 11.7. The number of thiophene rings is 1. The lowest BCUT2D eigenvalue weighted by molar-refractivity contribution is -0.140. The highest BCUT2D eigenvalue weighted by Gasteiger charge is 2.21. The minimum Gasteiger partial charge on any atom is -0.493 e. The van der Waals surface area contributed by atoms with Crippen molar-refractivity contribution in [3.05, 3.63) is 46.2 Å². The summed E-state index contributed by atoms with van der Waals surface area (Å²) in [5, 5.41) is 2.01. The van der Waals surface area contributed by atoms with Gasteiger partial charge in [0.2, 0.25) is 11.8 Å². The number of rotatable bonds is 13. The molecule has 0 atom stereocenters. The van der Waals surface area contributed by atoms with Gasteiger partial charge in [0, 0.05) is 24.4 Å². The first-order chi connectivity index (χ1) is 15.0. The molecule has 0 spiro atoms. The summed E-state index contributed by atoms with van der Waals surface area (Å²) < 4.78 is 10.7. The fourth-order valence-corrected chi connectivity index (χ4v) is 4.03. The number of carbonyl (C=O) groups is 2. The van der Waals surface area contributed by atoms with Gasteiger partial charge in [0.1, 0.15) is 0 Å². The van der Waals surface area contributed by atoms with Crippen molar-refractivity contribution in [3.63, 3.8) is 0 Å². The molecule has 1 aromatic carbocycles. The van der Waals surface area contributed by atoms with Crippen LogP contribution in [0.3, 0.4) is 0 Å². The van der Waals surface area contributed by atoms with E-state index in [0.717, 1.165) is 23.3 Å². The van der Waals surface area contributed by atoms with E-state index >= 15 is 0 Å². The second-order valence-electron chi connectivity index (χ2n) is 7.36. The molecular formula is C24H34N2O4S. The summed E-state index contributed by atoms with van der Waals surface area (Å²) in [7, 11) is 3.23. The highest BCUT2D eigenvalue weighted by molar-refractivity contribution is 7.09. The van der Waals surface area contributed by atoms with Gasteiger partial charge in [-0.25, -0.2) is 0 Å². The van der Waals surface area contributed by atoms with Crippen LogP contribution in [0, 0.1) is 0 Å². The normalized spacial score (nSPS) is 10.6. The fraction of sp³-hybridized carbons (Fsp3) is 0.500. The van der Waals surface area contributed by atoms with Crippen molar-refractivity contribution in [3.8, 4) is 11.5 Å². The van der Waals surface area contributed by atoms with Gasteiger partial charge < -0.3 is 19.3 Å². The Labute approximate surface area is 189 Å². The maximum Gasteiger partial charge on any atom is 0.242 e. The zero-order valence-corrected chi connectivity index (χ0v) is 19.9. The molecule has 7 heteroatoms. The number of hydrogen-bond donors (Lipinski definition) is 0. The van der Waals surface area contributed by atoms with Crippen LogP contribution in [0.15, 0.2) is 35.7 Å². The Kier molecular flexibility index (Phi) is 10.4. The largest absolute Gasteiger partial charge is 0.493 e. The summed E-state index contributed by atoms with van der Waals surface area (Å²) in [5.41, 5.74) is 1.06. The van der Waals surface area contributed by atoms with Gasteiger partial charge in [-0.1, -0.05) is 32.4 Å². The number of unbranched alkanes of at least 4 members (excludes halogenated alkanes) is 1. The van der Waals surface area contributed by atoms with Crippen molar-refractivity contribution in [2.75, 3.05) is 33.9 Å². The van der Waals surface area contributed by atoms with Gasteiger partial charge >= 0.3 is 0 Å². The van der Waals surface area contributed by atoms with Crippen LogP contribution in [-0.2, 0) is 22.6 Å². The van der Waals surface area contributed by atoms with E-state index in [-0.39, 0.29) is 18.4 Å². The van der Waals surface area contributed by atoms with E-state index in [1.54, 1.807) is 30.5 Å². The molecule has 2 amide bonds. The van der Waals surface area contributed by atoms with Crippen molar-refractivity contribution >= 4 is 23.2 Å². The van der Waals surface area contributed by atoms with Gasteiger partial charge in [0.05, 0.1) is 27.3 Å². The summed E-state index contributed by atoms with van der Waals surface area (Å²) in [6.45, 7) is 5.79. The van der Waals surface area contributed by atoms with Gasteiger partial charge in [-0.05, 0) is 42.0 Å². The Hall–Kier alpha value is -2.54. The number of carbonyl (C=O) groups excluding carboxylic acids is 2. The Bertz CT molecular complexity index is 823. The lowest BCUT2D eigenvalue weighted by Gasteiger charge is -2.27. The molecule has 0 aliphatic rings. The number of benzene rings is 1. The standard InChI is InChI=1S/C24H34N2O4S/c1-5-7-13-25(23(27)6-2)18-24(28)26(17-20-9-8-15-31-20)14-12-19-10-11-21(29-3)22(16-19)30-4/h8-11,15-16H,5-7,12-14,17-18H2,1-4H3. The van der Waals surface area contributed by atoms with Crippen molar-refractivity contribution in [1.29, 1.82) is 0 Å². The molecule has 1 aromatic heterocycles. The topological polar surface area (TPSA) is 59.1 Å². The van der Waals surface area contributed by atoms with Crippen LogP contribution < -0.4 is 9.47 Å². The molecule has 0 aliphatic carbocycles. The fourth-order valence-electron chi connectivity index (χ4n) is 3.31. The predicted octanol–water partition coefficient (Wildman–Crippen LogP) is 4.38. The lowest BCUT2D eigenvalue weighted by atomic mass is 10.1. The number of nitrogens with zero attached hydrogens (tertiary/aromatic N) is 2. The van der Waals surface area contributed by atoms with Crippen molar-refractivity contribution in [1.82, 2.24) is 9.80 Å². The molecule has 0 aliphatic heterocycles. The van der Waals surface area contributed by atoms with Crippen LogP contribution >= 0.6 is 11.3 Å². The highest BCUT2D eigenvalue weighted by Crippen LogP contribution is 2.27. The first kappa shape index (κ1) is 24.7. The van der Waals surface area contributed by atoms with Gasteiger partial charge in [0.15, 0.2) is 11.5 Å². The molecule has 0 saturated heterocycles. The van der Waals surface area contributed by atoms with E-state index in [9.17, 15) is 9.59 Å². The Morgan fingerprint density at radius 2 is 1.74 bits per heavy atom. The van der Waals surface area contributed by atoms with Crippen molar-refractivity contribution in [2.45, 2.75) is 46.1 Å². The zero-order valence-electron chi connectivity index (χ0n) is 19.1.